The standard InChI is InChI=1S/C27H42N6O4S/c28-27(29)32-16-13-20(14-17-32)18-30-25(34)23-12-7-15-33(23)26(35)24(22-10-5-2-6-11-22)31-38(36,37)19-21-8-3-1-4-9-21/h1,3-4,8-9,20,22-24,31H,2,5-7,10-19H2,(H4,28,29,30,34)/t23-,24+/m0/s1. The molecule has 0 aromatic heterocycles. The largest absolute Gasteiger partial charge is 0.861 e. The van der Waals surface area contributed by atoms with E-state index in [9.17, 15) is 18.3 Å². The Balaban J connectivity index is 1.45. The summed E-state index contributed by atoms with van der Waals surface area (Å²) in [5, 5.41) is 13.1. The summed E-state index contributed by atoms with van der Waals surface area (Å²) in [5.41, 5.74) is 12.0. The molecule has 2 heterocycles. The highest BCUT2D eigenvalue weighted by Crippen LogP contribution is 2.30. The van der Waals surface area contributed by atoms with E-state index in [2.05, 4.69) is 9.71 Å². The summed E-state index contributed by atoms with van der Waals surface area (Å²) in [5.74, 6) is -0.232. The van der Waals surface area contributed by atoms with Crippen molar-refractivity contribution in [1.82, 2.24) is 9.62 Å². The first-order valence-corrected chi connectivity index (χ1v) is 15.6. The Kier molecular flexibility index (Phi) is 9.64. The summed E-state index contributed by atoms with van der Waals surface area (Å²) in [6.45, 7) is 2.36. The molecular formula is C27H42N6O4S. The molecule has 1 aromatic carbocycles. The Morgan fingerprint density at radius 2 is 1.74 bits per heavy atom. The number of likely N-dealkylation sites (tertiary alicyclic amines) is 1. The summed E-state index contributed by atoms with van der Waals surface area (Å²) < 4.78 is 31.0. The van der Waals surface area contributed by atoms with Crippen LogP contribution in [-0.2, 0) is 20.6 Å². The first kappa shape index (κ1) is 28.4. The number of aliphatic imine (C=N–C) groups is 1. The summed E-state index contributed by atoms with van der Waals surface area (Å²) in [6.07, 6.45) is 7.60. The molecule has 0 bridgehead atoms. The number of piperidine rings is 1. The highest BCUT2D eigenvalue weighted by molar-refractivity contribution is 7.88. The maximum atomic E-state index is 13.9. The number of carbonyl (C=O) groups is 1. The van der Waals surface area contributed by atoms with Crippen LogP contribution in [0.5, 0.6) is 0 Å². The number of sulfonamides is 1. The van der Waals surface area contributed by atoms with Crippen molar-refractivity contribution in [3.05, 3.63) is 35.9 Å². The molecule has 210 valence electrons. The molecule has 4 rings (SSSR count). The topological polar surface area (TPSA) is 157 Å². The van der Waals surface area contributed by atoms with Gasteiger partial charge in [-0.05, 0) is 61.8 Å². The first-order chi connectivity index (χ1) is 18.2. The number of nitrogens with two attached hydrogens (primary N) is 2. The number of carbonyl (C=O) groups excluding carboxylic acids is 1. The molecule has 11 heteroatoms. The SMILES string of the molecule is NC(N)=[N+]1CCC(CN=C([O-])[C@@H]2CCCN2C(=O)[C@H](NS(=O)(=O)Cc2ccccc2)C2CCCCC2)CC1. The Morgan fingerprint density at radius 1 is 1.05 bits per heavy atom. The Morgan fingerprint density at radius 3 is 2.39 bits per heavy atom. The zero-order valence-corrected chi connectivity index (χ0v) is 22.9. The third-order valence-corrected chi connectivity index (χ3v) is 9.53. The van der Waals surface area contributed by atoms with Crippen LogP contribution in [0.2, 0.25) is 0 Å². The second-order valence-corrected chi connectivity index (χ2v) is 12.7. The average molecular weight is 547 g/mol. The van der Waals surface area contributed by atoms with E-state index in [0.29, 0.717) is 37.5 Å². The highest BCUT2D eigenvalue weighted by atomic mass is 32.2. The van der Waals surface area contributed by atoms with Gasteiger partial charge in [-0.3, -0.25) is 20.8 Å². The number of amides is 1. The van der Waals surface area contributed by atoms with Gasteiger partial charge in [0, 0.05) is 13.1 Å². The molecule has 5 N–H and O–H groups in total. The molecule has 2 aliphatic heterocycles. The predicted octanol–water partition coefficient (Wildman–Crippen LogP) is 0.501. The van der Waals surface area contributed by atoms with Crippen molar-refractivity contribution >= 4 is 27.8 Å². The van der Waals surface area contributed by atoms with Crippen LogP contribution in [0.4, 0.5) is 0 Å². The van der Waals surface area contributed by atoms with Gasteiger partial charge in [-0.1, -0.05) is 49.6 Å². The molecule has 1 aliphatic carbocycles. The summed E-state index contributed by atoms with van der Waals surface area (Å²) in [6, 6.07) is 7.48. The van der Waals surface area contributed by atoms with Crippen LogP contribution >= 0.6 is 0 Å². The minimum absolute atomic E-state index is 0.0768. The maximum Gasteiger partial charge on any atom is 0.341 e. The van der Waals surface area contributed by atoms with Crippen molar-refractivity contribution in [2.24, 2.45) is 28.3 Å². The Bertz CT molecular complexity index is 1100. The number of benzene rings is 1. The molecular weight excluding hydrogens is 504 g/mol. The molecule has 3 fully saturated rings. The Labute approximate surface area is 226 Å². The van der Waals surface area contributed by atoms with Crippen molar-refractivity contribution in [2.45, 2.75) is 75.6 Å². The van der Waals surface area contributed by atoms with Crippen LogP contribution in [0.25, 0.3) is 0 Å². The van der Waals surface area contributed by atoms with Gasteiger partial charge < -0.3 is 15.0 Å². The van der Waals surface area contributed by atoms with Crippen LogP contribution in [-0.4, -0.2) is 73.9 Å². The lowest BCUT2D eigenvalue weighted by Gasteiger charge is -2.36. The van der Waals surface area contributed by atoms with Gasteiger partial charge in [0.2, 0.25) is 15.9 Å². The molecule has 1 aromatic rings. The number of hydrogen-bond donors (Lipinski definition) is 3. The van der Waals surface area contributed by atoms with Crippen molar-refractivity contribution in [2.75, 3.05) is 26.2 Å². The minimum atomic E-state index is -3.76. The predicted molar refractivity (Wildman–Crippen MR) is 146 cm³/mol. The smallest absolute Gasteiger partial charge is 0.341 e. The van der Waals surface area contributed by atoms with E-state index in [1.54, 1.807) is 29.2 Å². The van der Waals surface area contributed by atoms with Gasteiger partial charge in [0.05, 0.1) is 24.9 Å². The van der Waals surface area contributed by atoms with Crippen LogP contribution < -0.4 is 21.3 Å². The van der Waals surface area contributed by atoms with Crippen molar-refractivity contribution in [3.63, 3.8) is 0 Å². The van der Waals surface area contributed by atoms with E-state index in [-0.39, 0.29) is 29.4 Å². The van der Waals surface area contributed by atoms with E-state index < -0.39 is 22.1 Å². The van der Waals surface area contributed by atoms with Gasteiger partial charge in [0.15, 0.2) is 0 Å². The fraction of sp³-hybridized carbons (Fsp3) is 0.667. The van der Waals surface area contributed by atoms with Gasteiger partial charge in [-0.25, -0.2) is 13.1 Å². The van der Waals surface area contributed by atoms with Gasteiger partial charge in [0.1, 0.15) is 6.04 Å². The second kappa shape index (κ2) is 12.9. The number of rotatable bonds is 9. The van der Waals surface area contributed by atoms with E-state index >= 15 is 0 Å². The second-order valence-electron chi connectivity index (χ2n) is 11.0. The van der Waals surface area contributed by atoms with Crippen LogP contribution in [0.3, 0.4) is 0 Å². The van der Waals surface area contributed by atoms with Crippen molar-refractivity contribution < 1.29 is 22.9 Å². The van der Waals surface area contributed by atoms with Crippen LogP contribution in [0, 0.1) is 11.8 Å². The molecule has 3 aliphatic rings. The molecule has 0 unspecified atom stereocenters. The van der Waals surface area contributed by atoms with Gasteiger partial charge in [-0.2, -0.15) is 0 Å². The van der Waals surface area contributed by atoms with E-state index in [1.165, 1.54) is 0 Å². The third-order valence-electron chi connectivity index (χ3n) is 8.20. The number of nitrogens with zero attached hydrogens (tertiary/aromatic N) is 3. The van der Waals surface area contributed by atoms with Crippen LogP contribution in [0.15, 0.2) is 35.3 Å². The van der Waals surface area contributed by atoms with Crippen LogP contribution in [0.1, 0.15) is 63.4 Å². The number of guanidine groups is 1. The average Bonchev–Trinajstić information content (AvgIpc) is 3.41. The van der Waals surface area contributed by atoms with Gasteiger partial charge >= 0.3 is 5.96 Å². The molecule has 10 nitrogen and oxygen atoms in total. The molecule has 0 spiro atoms. The summed E-state index contributed by atoms with van der Waals surface area (Å²) >= 11 is 0. The normalized spacial score (nSPS) is 24.4. The lowest BCUT2D eigenvalue weighted by atomic mass is 9.83. The van der Waals surface area contributed by atoms with E-state index in [0.717, 1.165) is 58.0 Å². The maximum absolute atomic E-state index is 13.9. The molecule has 2 atom stereocenters. The quantitative estimate of drug-likeness (QED) is 0.233. The fourth-order valence-corrected chi connectivity index (χ4v) is 7.40. The van der Waals surface area contributed by atoms with E-state index in [4.69, 9.17) is 11.5 Å². The first-order valence-electron chi connectivity index (χ1n) is 13.9. The van der Waals surface area contributed by atoms with Crippen molar-refractivity contribution in [3.8, 4) is 0 Å². The molecule has 1 saturated carbocycles. The third kappa shape index (κ3) is 7.47. The lowest BCUT2D eigenvalue weighted by Crippen LogP contribution is -2.56. The fourth-order valence-electron chi connectivity index (χ4n) is 6.01. The lowest BCUT2D eigenvalue weighted by molar-refractivity contribution is -0.542. The van der Waals surface area contributed by atoms with Gasteiger partial charge in [-0.15, -0.1) is 0 Å². The zero-order chi connectivity index (χ0) is 27.1. The van der Waals surface area contributed by atoms with E-state index in [1.807, 2.05) is 10.6 Å². The summed E-state index contributed by atoms with van der Waals surface area (Å²) in [4.78, 5) is 19.8. The monoisotopic (exact) mass is 546 g/mol. The Hall–Kier alpha value is -2.66. The molecule has 0 radical (unpaired) electrons. The summed E-state index contributed by atoms with van der Waals surface area (Å²) in [7, 11) is -3.76. The minimum Gasteiger partial charge on any atom is -0.861 e. The molecule has 1 amide bonds. The molecule has 38 heavy (non-hydrogen) atoms. The number of hydrogen-bond acceptors (Lipinski definition) is 5. The highest BCUT2D eigenvalue weighted by Gasteiger charge is 2.39. The zero-order valence-electron chi connectivity index (χ0n) is 22.1. The van der Waals surface area contributed by atoms with Crippen molar-refractivity contribution in [1.29, 1.82) is 0 Å². The number of nitrogens with one attached hydrogen (secondary N) is 1. The molecule has 2 saturated heterocycles. The van der Waals surface area contributed by atoms with Gasteiger partial charge in [0.25, 0.3) is 0 Å².